The normalized spacial score (nSPS) is 55.4. The third kappa shape index (κ3) is 1.98. The molecule has 0 aromatic rings. The summed E-state index contributed by atoms with van der Waals surface area (Å²) in [5.74, 6) is 4.99. The van der Waals surface area contributed by atoms with Crippen LogP contribution in [0.15, 0.2) is 0 Å². The van der Waals surface area contributed by atoms with Crippen molar-refractivity contribution in [2.24, 2.45) is 29.6 Å². The summed E-state index contributed by atoms with van der Waals surface area (Å²) in [5, 5.41) is 3.89. The standard InChI is InChI=1S/C17H29NO/c1-16(2)9-18-17(3,10-19-16)15-13-5-11-4-12(7-13)8-14(15)6-11/h11-15,18H,4-10H2,1-3H3. The number of rotatable bonds is 1. The van der Waals surface area contributed by atoms with E-state index < -0.39 is 0 Å². The topological polar surface area (TPSA) is 21.3 Å². The van der Waals surface area contributed by atoms with Crippen molar-refractivity contribution in [1.82, 2.24) is 5.32 Å². The minimum atomic E-state index is 0.0193. The SMILES string of the molecule is CC1(C)CNC(C)(C2C3CC4CC(C3)CC2C4)CO1. The molecule has 5 rings (SSSR count). The second-order valence-corrected chi connectivity index (χ2v) is 8.78. The summed E-state index contributed by atoms with van der Waals surface area (Å²) in [4.78, 5) is 0. The molecular weight excluding hydrogens is 234 g/mol. The number of hydrogen-bond donors (Lipinski definition) is 1. The maximum Gasteiger partial charge on any atom is 0.0751 e. The monoisotopic (exact) mass is 263 g/mol. The number of hydrogen-bond acceptors (Lipinski definition) is 2. The van der Waals surface area contributed by atoms with Crippen molar-refractivity contribution in [2.45, 2.75) is 64.0 Å². The van der Waals surface area contributed by atoms with E-state index in [4.69, 9.17) is 4.74 Å². The van der Waals surface area contributed by atoms with E-state index in [2.05, 4.69) is 26.1 Å². The molecule has 1 unspecified atom stereocenters. The maximum absolute atomic E-state index is 6.17. The Morgan fingerprint density at radius 1 is 0.895 bits per heavy atom. The molecule has 0 radical (unpaired) electrons. The van der Waals surface area contributed by atoms with Crippen LogP contribution in [-0.2, 0) is 4.74 Å². The van der Waals surface area contributed by atoms with E-state index >= 15 is 0 Å². The molecule has 0 aromatic heterocycles. The highest BCUT2D eigenvalue weighted by molar-refractivity contribution is 5.08. The molecule has 1 aliphatic heterocycles. The average molecular weight is 263 g/mol. The van der Waals surface area contributed by atoms with Crippen molar-refractivity contribution in [3.8, 4) is 0 Å². The summed E-state index contributed by atoms with van der Waals surface area (Å²) in [5.41, 5.74) is 0.254. The van der Waals surface area contributed by atoms with Gasteiger partial charge in [0, 0.05) is 12.1 Å². The molecule has 4 bridgehead atoms. The summed E-state index contributed by atoms with van der Waals surface area (Å²) in [6.45, 7) is 8.77. The van der Waals surface area contributed by atoms with Crippen LogP contribution >= 0.6 is 0 Å². The van der Waals surface area contributed by atoms with E-state index in [1.807, 2.05) is 0 Å². The van der Waals surface area contributed by atoms with Gasteiger partial charge in [-0.2, -0.15) is 0 Å². The first-order valence-electron chi connectivity index (χ1n) is 8.34. The summed E-state index contributed by atoms with van der Waals surface area (Å²) in [7, 11) is 0. The van der Waals surface area contributed by atoms with Crippen LogP contribution in [0.4, 0.5) is 0 Å². The molecule has 5 fully saturated rings. The van der Waals surface area contributed by atoms with Gasteiger partial charge < -0.3 is 10.1 Å². The second-order valence-electron chi connectivity index (χ2n) is 8.78. The number of morpholine rings is 1. The molecule has 0 aromatic carbocycles. The van der Waals surface area contributed by atoms with Gasteiger partial charge in [-0.3, -0.25) is 0 Å². The Morgan fingerprint density at radius 3 is 1.95 bits per heavy atom. The van der Waals surface area contributed by atoms with Crippen molar-refractivity contribution in [3.63, 3.8) is 0 Å². The van der Waals surface area contributed by atoms with Gasteiger partial charge in [0.25, 0.3) is 0 Å². The quantitative estimate of drug-likeness (QED) is 0.784. The summed E-state index contributed by atoms with van der Waals surface area (Å²) in [6, 6.07) is 0. The van der Waals surface area contributed by atoms with Crippen LogP contribution in [0, 0.1) is 29.6 Å². The molecule has 2 nitrogen and oxygen atoms in total. The zero-order valence-corrected chi connectivity index (χ0v) is 12.7. The Bertz CT molecular complexity index is 337. The predicted molar refractivity (Wildman–Crippen MR) is 77.0 cm³/mol. The number of nitrogens with one attached hydrogen (secondary N) is 1. The summed E-state index contributed by atoms with van der Waals surface area (Å²) in [6.07, 6.45) is 7.60. The fraction of sp³-hybridized carbons (Fsp3) is 1.00. The molecule has 4 aliphatic carbocycles. The molecule has 4 saturated carbocycles. The van der Waals surface area contributed by atoms with Gasteiger partial charge in [0.2, 0.25) is 0 Å². The first kappa shape index (κ1) is 12.6. The lowest BCUT2D eigenvalue weighted by molar-refractivity contribution is -0.144. The van der Waals surface area contributed by atoms with Crippen LogP contribution < -0.4 is 5.32 Å². The van der Waals surface area contributed by atoms with Crippen molar-refractivity contribution < 1.29 is 4.74 Å². The van der Waals surface area contributed by atoms with Crippen molar-refractivity contribution in [2.75, 3.05) is 13.2 Å². The molecule has 1 N–H and O–H groups in total. The third-order valence-electron chi connectivity index (χ3n) is 6.64. The lowest BCUT2D eigenvalue weighted by Crippen LogP contribution is -2.67. The first-order valence-corrected chi connectivity index (χ1v) is 8.34. The fourth-order valence-electron chi connectivity index (χ4n) is 6.04. The minimum absolute atomic E-state index is 0.0193. The van der Waals surface area contributed by atoms with E-state index in [0.717, 1.165) is 42.7 Å². The van der Waals surface area contributed by atoms with Gasteiger partial charge in [-0.1, -0.05) is 0 Å². The molecule has 1 atom stereocenters. The molecule has 2 heteroatoms. The van der Waals surface area contributed by atoms with E-state index in [9.17, 15) is 0 Å². The van der Waals surface area contributed by atoms with Crippen molar-refractivity contribution in [1.29, 1.82) is 0 Å². The van der Waals surface area contributed by atoms with Crippen LogP contribution in [0.25, 0.3) is 0 Å². The Hall–Kier alpha value is -0.0800. The van der Waals surface area contributed by atoms with Crippen LogP contribution in [0.3, 0.4) is 0 Å². The largest absolute Gasteiger partial charge is 0.372 e. The Labute approximate surface area is 117 Å². The van der Waals surface area contributed by atoms with Gasteiger partial charge in [0.15, 0.2) is 0 Å². The highest BCUT2D eigenvalue weighted by Crippen LogP contribution is 2.59. The van der Waals surface area contributed by atoms with E-state index in [-0.39, 0.29) is 11.1 Å². The maximum atomic E-state index is 6.17. The zero-order chi connectivity index (χ0) is 13.3. The minimum Gasteiger partial charge on any atom is -0.372 e. The molecule has 0 spiro atoms. The average Bonchev–Trinajstić information content (AvgIpc) is 2.32. The van der Waals surface area contributed by atoms with Crippen LogP contribution in [-0.4, -0.2) is 24.3 Å². The Morgan fingerprint density at radius 2 is 1.47 bits per heavy atom. The first-order chi connectivity index (χ1) is 8.95. The summed E-state index contributed by atoms with van der Waals surface area (Å²) < 4.78 is 6.17. The van der Waals surface area contributed by atoms with Gasteiger partial charge >= 0.3 is 0 Å². The Kier molecular flexibility index (Phi) is 2.65. The van der Waals surface area contributed by atoms with E-state index in [0.29, 0.717) is 0 Å². The highest BCUT2D eigenvalue weighted by Gasteiger charge is 2.55. The second kappa shape index (κ2) is 3.98. The van der Waals surface area contributed by atoms with E-state index in [1.165, 1.54) is 25.7 Å². The molecule has 0 amide bonds. The van der Waals surface area contributed by atoms with Crippen molar-refractivity contribution in [3.05, 3.63) is 0 Å². The lowest BCUT2D eigenvalue weighted by Gasteiger charge is -2.61. The predicted octanol–water partition coefficient (Wildman–Crippen LogP) is 3.22. The fourth-order valence-corrected chi connectivity index (χ4v) is 6.04. The molecule has 1 heterocycles. The van der Waals surface area contributed by atoms with Crippen molar-refractivity contribution >= 4 is 0 Å². The third-order valence-corrected chi connectivity index (χ3v) is 6.64. The summed E-state index contributed by atoms with van der Waals surface area (Å²) >= 11 is 0. The van der Waals surface area contributed by atoms with E-state index in [1.54, 1.807) is 6.42 Å². The van der Waals surface area contributed by atoms with Gasteiger partial charge in [-0.15, -0.1) is 0 Å². The molecule has 108 valence electrons. The smallest absolute Gasteiger partial charge is 0.0751 e. The van der Waals surface area contributed by atoms with Gasteiger partial charge in [-0.05, 0) is 82.5 Å². The van der Waals surface area contributed by atoms with Crippen LogP contribution in [0.1, 0.15) is 52.9 Å². The van der Waals surface area contributed by atoms with Gasteiger partial charge in [0.1, 0.15) is 0 Å². The number of ether oxygens (including phenoxy) is 1. The Balaban J connectivity index is 1.56. The molecule has 19 heavy (non-hydrogen) atoms. The van der Waals surface area contributed by atoms with Gasteiger partial charge in [0.05, 0.1) is 12.2 Å². The van der Waals surface area contributed by atoms with Crippen LogP contribution in [0.2, 0.25) is 0 Å². The van der Waals surface area contributed by atoms with Crippen LogP contribution in [0.5, 0.6) is 0 Å². The zero-order valence-electron chi connectivity index (χ0n) is 12.7. The molecule has 5 aliphatic rings. The molecular formula is C17H29NO. The lowest BCUT2D eigenvalue weighted by atomic mass is 9.48. The van der Waals surface area contributed by atoms with Gasteiger partial charge in [-0.25, -0.2) is 0 Å². The molecule has 1 saturated heterocycles. The highest BCUT2D eigenvalue weighted by atomic mass is 16.5.